The van der Waals surface area contributed by atoms with Crippen molar-refractivity contribution in [2.45, 2.75) is 20.8 Å². The zero-order valence-electron chi connectivity index (χ0n) is 9.32. The van der Waals surface area contributed by atoms with Crippen LogP contribution in [0.3, 0.4) is 0 Å². The summed E-state index contributed by atoms with van der Waals surface area (Å²) < 4.78 is 26.1. The number of hydrogen-bond donors (Lipinski definition) is 0. The van der Waals surface area contributed by atoms with Gasteiger partial charge in [-0.25, -0.2) is 9.36 Å². The molecule has 0 aromatic rings. The lowest BCUT2D eigenvalue weighted by Gasteiger charge is -2.15. The molecule has 6 heteroatoms. The zero-order valence-corrected chi connectivity index (χ0v) is 10.2. The van der Waals surface area contributed by atoms with E-state index in [4.69, 9.17) is 13.8 Å². The molecule has 0 radical (unpaired) electrons. The number of carbonyl (C=O) groups is 1. The third-order valence-electron chi connectivity index (χ3n) is 1.26. The van der Waals surface area contributed by atoms with Crippen LogP contribution in [0.15, 0.2) is 12.2 Å². The van der Waals surface area contributed by atoms with Gasteiger partial charge < -0.3 is 13.8 Å². The molecule has 0 aliphatic rings. The van der Waals surface area contributed by atoms with Gasteiger partial charge in [-0.05, 0) is 26.3 Å². The molecule has 5 nitrogen and oxygen atoms in total. The molecule has 0 aliphatic heterocycles. The Bertz CT molecular complexity index is 264. The molecule has 0 rings (SSSR count). The third kappa shape index (κ3) is 5.11. The maximum absolute atomic E-state index is 11.8. The van der Waals surface area contributed by atoms with E-state index in [2.05, 4.69) is 6.58 Å². The average Bonchev–Trinajstić information content (AvgIpc) is 2.14. The molecule has 0 amide bonds. The highest BCUT2D eigenvalue weighted by Crippen LogP contribution is 2.49. The lowest BCUT2D eigenvalue weighted by atomic mass is 10.4. The molecular formula is C9H17O5P. The molecule has 0 heterocycles. The Balaban J connectivity index is 4.41. The second kappa shape index (κ2) is 6.77. The highest BCUT2D eigenvalue weighted by Gasteiger charge is 2.36. The van der Waals surface area contributed by atoms with Crippen LogP contribution in [-0.2, 0) is 18.3 Å². The van der Waals surface area contributed by atoms with Crippen molar-refractivity contribution in [1.29, 1.82) is 0 Å². The molecule has 0 atom stereocenters. The summed E-state index contributed by atoms with van der Waals surface area (Å²) >= 11 is 0. The number of ether oxygens (including phenoxy) is 1. The van der Waals surface area contributed by atoms with E-state index in [0.717, 1.165) is 0 Å². The molecule has 0 N–H and O–H groups in total. The molecule has 0 spiro atoms. The van der Waals surface area contributed by atoms with Crippen LogP contribution >= 0.6 is 7.60 Å². The van der Waals surface area contributed by atoms with Gasteiger partial charge in [0.15, 0.2) is 0 Å². The van der Waals surface area contributed by atoms with E-state index in [9.17, 15) is 9.36 Å². The third-order valence-corrected chi connectivity index (χ3v) is 3.04. The van der Waals surface area contributed by atoms with Crippen molar-refractivity contribution in [3.63, 3.8) is 0 Å². The topological polar surface area (TPSA) is 61.8 Å². The van der Waals surface area contributed by atoms with Crippen LogP contribution in [-0.4, -0.2) is 25.5 Å². The van der Waals surface area contributed by atoms with Gasteiger partial charge in [-0.3, -0.25) is 0 Å². The summed E-state index contributed by atoms with van der Waals surface area (Å²) in [7, 11) is -3.77. The lowest BCUT2D eigenvalue weighted by molar-refractivity contribution is 0.156. The summed E-state index contributed by atoms with van der Waals surface area (Å²) in [5.74, 6) is 0. The van der Waals surface area contributed by atoms with Crippen LogP contribution in [0, 0.1) is 0 Å². The quantitative estimate of drug-likeness (QED) is 0.502. The fourth-order valence-electron chi connectivity index (χ4n) is 0.747. The summed E-state index contributed by atoms with van der Waals surface area (Å²) in [6, 6.07) is 0. The minimum absolute atomic E-state index is 0.0168. The zero-order chi connectivity index (χ0) is 11.9. The first-order valence-electron chi connectivity index (χ1n) is 4.67. The smallest absolute Gasteiger partial charge is 0.438 e. The van der Waals surface area contributed by atoms with Gasteiger partial charge in [0.1, 0.15) is 6.61 Å². The predicted octanol–water partition coefficient (Wildman–Crippen LogP) is 2.97. The first-order valence-corrected chi connectivity index (χ1v) is 6.21. The number of rotatable bonds is 7. The second-order valence-corrected chi connectivity index (χ2v) is 4.72. The van der Waals surface area contributed by atoms with Gasteiger partial charge in [-0.1, -0.05) is 6.58 Å². The minimum Gasteiger partial charge on any atom is -0.452 e. The Labute approximate surface area is 89.9 Å². The minimum atomic E-state index is -3.77. The van der Waals surface area contributed by atoms with Crippen molar-refractivity contribution in [3.05, 3.63) is 12.2 Å². The summed E-state index contributed by atoms with van der Waals surface area (Å²) in [6.45, 7) is 8.76. The largest absolute Gasteiger partial charge is 0.452 e. The summed E-state index contributed by atoms with van der Waals surface area (Å²) in [6.07, 6.45) is 0. The predicted molar refractivity (Wildman–Crippen MR) is 57.0 cm³/mol. The second-order valence-electron chi connectivity index (χ2n) is 2.84. The molecule has 88 valence electrons. The van der Waals surface area contributed by atoms with Crippen LogP contribution in [0.1, 0.15) is 20.8 Å². The van der Waals surface area contributed by atoms with Crippen molar-refractivity contribution in [2.24, 2.45) is 0 Å². The Morgan fingerprint density at radius 3 is 2.07 bits per heavy atom. The molecule has 0 bridgehead atoms. The summed E-state index contributed by atoms with van der Waals surface area (Å²) in [5.41, 5.74) is -0.308. The molecular weight excluding hydrogens is 219 g/mol. The molecule has 0 aliphatic carbocycles. The van der Waals surface area contributed by atoms with E-state index in [1.165, 1.54) is 0 Å². The van der Waals surface area contributed by atoms with E-state index in [-0.39, 0.29) is 19.8 Å². The van der Waals surface area contributed by atoms with E-state index < -0.39 is 13.3 Å². The molecule has 0 saturated heterocycles. The number of carbonyl (C=O) groups excluding carboxylic acids is 1. The summed E-state index contributed by atoms with van der Waals surface area (Å²) in [4.78, 5) is 11.4. The van der Waals surface area contributed by atoms with Crippen LogP contribution in [0.25, 0.3) is 0 Å². The molecule has 0 aromatic carbocycles. The van der Waals surface area contributed by atoms with E-state index in [1.54, 1.807) is 20.8 Å². The normalized spacial score (nSPS) is 11.1. The van der Waals surface area contributed by atoms with Crippen molar-refractivity contribution in [1.82, 2.24) is 0 Å². The monoisotopic (exact) mass is 236 g/mol. The van der Waals surface area contributed by atoms with Gasteiger partial charge >= 0.3 is 13.3 Å². The molecule has 0 aromatic heterocycles. The number of hydrogen-bond acceptors (Lipinski definition) is 5. The lowest BCUT2D eigenvalue weighted by Crippen LogP contribution is -2.10. The average molecular weight is 236 g/mol. The van der Waals surface area contributed by atoms with Gasteiger partial charge in [0.25, 0.3) is 0 Å². The summed E-state index contributed by atoms with van der Waals surface area (Å²) in [5, 5.41) is 0. The standard InChI is InChI=1S/C9H17O5P/c1-5-13-15(11,14-6-2)9(10)12-7-8(3)4/h3,5-7H2,1-2,4H3. The Morgan fingerprint density at radius 2 is 1.73 bits per heavy atom. The maximum atomic E-state index is 11.8. The molecule has 0 saturated carbocycles. The van der Waals surface area contributed by atoms with Crippen LogP contribution in [0.4, 0.5) is 4.79 Å². The van der Waals surface area contributed by atoms with Crippen molar-refractivity contribution in [2.75, 3.05) is 19.8 Å². The molecule has 15 heavy (non-hydrogen) atoms. The fourth-order valence-corrected chi connectivity index (χ4v) is 1.93. The fraction of sp³-hybridized carbons (Fsp3) is 0.667. The Hall–Kier alpha value is -0.640. The van der Waals surface area contributed by atoms with Gasteiger partial charge in [-0.2, -0.15) is 0 Å². The van der Waals surface area contributed by atoms with Crippen LogP contribution < -0.4 is 0 Å². The first kappa shape index (κ1) is 14.4. The van der Waals surface area contributed by atoms with Gasteiger partial charge in [-0.15, -0.1) is 0 Å². The maximum Gasteiger partial charge on any atom is 0.438 e. The highest BCUT2D eigenvalue weighted by molar-refractivity contribution is 7.71. The van der Waals surface area contributed by atoms with Gasteiger partial charge in [0, 0.05) is 0 Å². The Kier molecular flexibility index (Phi) is 6.48. The van der Waals surface area contributed by atoms with E-state index in [1.807, 2.05) is 0 Å². The van der Waals surface area contributed by atoms with Crippen molar-refractivity contribution >= 4 is 13.3 Å². The van der Waals surface area contributed by atoms with Gasteiger partial charge in [0.05, 0.1) is 13.2 Å². The highest BCUT2D eigenvalue weighted by atomic mass is 31.2. The van der Waals surface area contributed by atoms with Crippen molar-refractivity contribution in [3.8, 4) is 0 Å². The van der Waals surface area contributed by atoms with E-state index in [0.29, 0.717) is 5.57 Å². The van der Waals surface area contributed by atoms with E-state index >= 15 is 0 Å². The van der Waals surface area contributed by atoms with Crippen LogP contribution in [0.5, 0.6) is 0 Å². The SMILES string of the molecule is C=C(C)COC(=O)P(=O)(OCC)OCC. The van der Waals surface area contributed by atoms with Crippen molar-refractivity contribution < 1.29 is 23.1 Å². The Morgan fingerprint density at radius 1 is 1.27 bits per heavy atom. The van der Waals surface area contributed by atoms with Gasteiger partial charge in [0.2, 0.25) is 0 Å². The van der Waals surface area contributed by atoms with Crippen LogP contribution in [0.2, 0.25) is 0 Å². The molecule has 0 fully saturated rings. The molecule has 0 unspecified atom stereocenters. The first-order chi connectivity index (χ1) is 6.96.